The Hall–Kier alpha value is -2.65. The van der Waals surface area contributed by atoms with Crippen LogP contribution in [0.1, 0.15) is 17.4 Å². The Kier molecular flexibility index (Phi) is 5.78. The normalized spacial score (nSPS) is 25.7. The van der Waals surface area contributed by atoms with Crippen molar-refractivity contribution in [3.05, 3.63) is 76.9 Å². The standard InChI is InChI=1S/C25H24ClNO6/c26-18-2-1-3-19-21(18)16(9-13-4-5-15-10-17(29)7-6-14(15)8-13)11-27(19)25-24(32)23(31)22(30)20(12-28)33-25/h1-8,10-11,20,22-25,28-32H,9,12H2/t20-,22-,23+,24-,25-/m1/s1. The molecule has 7 nitrogen and oxygen atoms in total. The number of aliphatic hydroxyl groups is 4. The first-order valence-corrected chi connectivity index (χ1v) is 11.1. The number of fused-ring (bicyclic) bond motifs is 2. The Bertz CT molecular complexity index is 1320. The van der Waals surface area contributed by atoms with E-state index in [0.29, 0.717) is 17.0 Å². The Balaban J connectivity index is 1.58. The van der Waals surface area contributed by atoms with Crippen molar-refractivity contribution in [2.45, 2.75) is 37.1 Å². The lowest BCUT2D eigenvalue weighted by Gasteiger charge is -2.40. The highest BCUT2D eigenvalue weighted by Crippen LogP contribution is 2.37. The van der Waals surface area contributed by atoms with Crippen LogP contribution in [0, 0.1) is 0 Å². The van der Waals surface area contributed by atoms with Crippen molar-refractivity contribution < 1.29 is 30.3 Å². The van der Waals surface area contributed by atoms with E-state index < -0.39 is 37.3 Å². The van der Waals surface area contributed by atoms with Crippen LogP contribution in [0.25, 0.3) is 21.7 Å². The fraction of sp³-hybridized carbons (Fsp3) is 0.280. The minimum Gasteiger partial charge on any atom is -0.508 e. The van der Waals surface area contributed by atoms with E-state index in [1.807, 2.05) is 36.5 Å². The van der Waals surface area contributed by atoms with Crippen LogP contribution in [0.15, 0.2) is 60.8 Å². The van der Waals surface area contributed by atoms with E-state index in [4.69, 9.17) is 16.3 Å². The summed E-state index contributed by atoms with van der Waals surface area (Å²) in [6, 6.07) is 16.6. The maximum atomic E-state index is 10.7. The van der Waals surface area contributed by atoms with Crippen molar-refractivity contribution in [3.8, 4) is 5.75 Å². The van der Waals surface area contributed by atoms with Gasteiger partial charge in [0, 0.05) is 11.6 Å². The van der Waals surface area contributed by atoms with Crippen LogP contribution in [0.4, 0.5) is 0 Å². The van der Waals surface area contributed by atoms with E-state index >= 15 is 0 Å². The van der Waals surface area contributed by atoms with Gasteiger partial charge in [0.25, 0.3) is 0 Å². The van der Waals surface area contributed by atoms with Gasteiger partial charge in [-0.3, -0.25) is 0 Å². The first-order chi connectivity index (χ1) is 15.9. The maximum absolute atomic E-state index is 10.7. The van der Waals surface area contributed by atoms with Gasteiger partial charge in [-0.05, 0) is 52.6 Å². The second kappa shape index (κ2) is 8.61. The summed E-state index contributed by atoms with van der Waals surface area (Å²) in [5, 5.41) is 53.6. The smallest absolute Gasteiger partial charge is 0.163 e. The highest BCUT2D eigenvalue weighted by Gasteiger charge is 2.44. The Morgan fingerprint density at radius 3 is 2.45 bits per heavy atom. The van der Waals surface area contributed by atoms with E-state index in [1.165, 1.54) is 0 Å². The highest BCUT2D eigenvalue weighted by atomic mass is 35.5. The molecule has 1 aliphatic heterocycles. The summed E-state index contributed by atoms with van der Waals surface area (Å²) in [6.07, 6.45) is -3.97. The molecule has 1 aliphatic rings. The second-order valence-corrected chi connectivity index (χ2v) is 8.86. The van der Waals surface area contributed by atoms with Crippen LogP contribution in [-0.4, -0.2) is 61.1 Å². The monoisotopic (exact) mass is 469 g/mol. The Morgan fingerprint density at radius 2 is 1.67 bits per heavy atom. The molecule has 0 amide bonds. The van der Waals surface area contributed by atoms with Gasteiger partial charge in [0.15, 0.2) is 6.23 Å². The summed E-state index contributed by atoms with van der Waals surface area (Å²) in [6.45, 7) is -0.499. The second-order valence-electron chi connectivity index (χ2n) is 8.46. The van der Waals surface area contributed by atoms with Gasteiger partial charge in [-0.2, -0.15) is 0 Å². The van der Waals surface area contributed by atoms with Gasteiger partial charge in [-0.15, -0.1) is 0 Å². The average Bonchev–Trinajstić information content (AvgIpc) is 3.17. The van der Waals surface area contributed by atoms with Crippen molar-refractivity contribution in [2.24, 2.45) is 0 Å². The number of ether oxygens (including phenoxy) is 1. The highest BCUT2D eigenvalue weighted by molar-refractivity contribution is 6.35. The van der Waals surface area contributed by atoms with Gasteiger partial charge in [0.05, 0.1) is 17.1 Å². The lowest BCUT2D eigenvalue weighted by molar-refractivity contribution is -0.250. The first-order valence-electron chi connectivity index (χ1n) is 10.7. The third-order valence-electron chi connectivity index (χ3n) is 6.31. The summed E-state index contributed by atoms with van der Waals surface area (Å²) in [5.41, 5.74) is 2.62. The number of halogens is 1. The van der Waals surface area contributed by atoms with E-state index in [-0.39, 0.29) is 5.75 Å². The fourth-order valence-corrected chi connectivity index (χ4v) is 4.91. The molecule has 1 saturated heterocycles. The van der Waals surface area contributed by atoms with E-state index in [0.717, 1.165) is 27.3 Å². The van der Waals surface area contributed by atoms with Gasteiger partial charge in [-0.25, -0.2) is 0 Å². The molecule has 0 aliphatic carbocycles. The minimum absolute atomic E-state index is 0.213. The SMILES string of the molecule is OC[C@H]1O[C@@H](n2cc(Cc3ccc4cc(O)ccc4c3)c3c(Cl)cccc32)[C@H](O)[C@@H](O)[C@@H]1O. The Morgan fingerprint density at radius 1 is 0.909 bits per heavy atom. The molecular weight excluding hydrogens is 446 g/mol. The van der Waals surface area contributed by atoms with Crippen LogP contribution >= 0.6 is 11.6 Å². The molecule has 0 bridgehead atoms. The Labute approximate surface area is 194 Å². The van der Waals surface area contributed by atoms with Crippen LogP contribution in [0.5, 0.6) is 5.75 Å². The molecule has 0 unspecified atom stereocenters. The van der Waals surface area contributed by atoms with Crippen molar-refractivity contribution in [1.82, 2.24) is 4.57 Å². The number of hydrogen-bond acceptors (Lipinski definition) is 6. The number of phenols is 1. The van der Waals surface area contributed by atoms with Gasteiger partial charge in [0.1, 0.15) is 30.2 Å². The molecule has 4 aromatic rings. The topological polar surface area (TPSA) is 115 Å². The number of aromatic hydroxyl groups is 1. The molecule has 0 radical (unpaired) electrons. The van der Waals surface area contributed by atoms with Gasteiger partial charge in [-0.1, -0.05) is 41.9 Å². The average molecular weight is 470 g/mol. The van der Waals surface area contributed by atoms with Crippen molar-refractivity contribution >= 4 is 33.3 Å². The zero-order valence-corrected chi connectivity index (χ0v) is 18.3. The third kappa shape index (κ3) is 3.87. The number of hydrogen-bond donors (Lipinski definition) is 5. The lowest BCUT2D eigenvalue weighted by Crippen LogP contribution is -2.56. The zero-order chi connectivity index (χ0) is 23.3. The first kappa shape index (κ1) is 22.2. The predicted octanol–water partition coefficient (Wildman–Crippen LogP) is 2.72. The minimum atomic E-state index is -1.47. The summed E-state index contributed by atoms with van der Waals surface area (Å²) < 4.78 is 7.48. The van der Waals surface area contributed by atoms with Crippen molar-refractivity contribution in [1.29, 1.82) is 0 Å². The lowest BCUT2D eigenvalue weighted by atomic mass is 9.98. The summed E-state index contributed by atoms with van der Waals surface area (Å²) in [7, 11) is 0. The van der Waals surface area contributed by atoms with E-state index in [9.17, 15) is 25.5 Å². The number of nitrogens with zero attached hydrogens (tertiary/aromatic N) is 1. The fourth-order valence-electron chi connectivity index (χ4n) is 4.62. The molecule has 5 N–H and O–H groups in total. The molecular formula is C25H24ClNO6. The number of benzene rings is 3. The number of aromatic nitrogens is 1. The summed E-state index contributed by atoms with van der Waals surface area (Å²) in [5.74, 6) is 0.213. The summed E-state index contributed by atoms with van der Waals surface area (Å²) >= 11 is 6.56. The molecule has 1 fully saturated rings. The van der Waals surface area contributed by atoms with Gasteiger partial charge in [0.2, 0.25) is 0 Å². The van der Waals surface area contributed by atoms with E-state index in [2.05, 4.69) is 0 Å². The third-order valence-corrected chi connectivity index (χ3v) is 6.62. The molecule has 172 valence electrons. The molecule has 0 saturated carbocycles. The number of phenolic OH excluding ortho intramolecular Hbond substituents is 1. The molecule has 2 heterocycles. The van der Waals surface area contributed by atoms with Crippen molar-refractivity contribution in [3.63, 3.8) is 0 Å². The number of rotatable bonds is 4. The largest absolute Gasteiger partial charge is 0.508 e. The summed E-state index contributed by atoms with van der Waals surface area (Å²) in [4.78, 5) is 0. The van der Waals surface area contributed by atoms with Crippen LogP contribution in [0.2, 0.25) is 5.02 Å². The van der Waals surface area contributed by atoms with Crippen molar-refractivity contribution in [2.75, 3.05) is 6.61 Å². The van der Waals surface area contributed by atoms with Crippen LogP contribution < -0.4 is 0 Å². The molecule has 0 spiro atoms. The van der Waals surface area contributed by atoms with Gasteiger partial charge < -0.3 is 34.8 Å². The van der Waals surface area contributed by atoms with Crippen LogP contribution in [-0.2, 0) is 11.2 Å². The van der Waals surface area contributed by atoms with Gasteiger partial charge >= 0.3 is 0 Å². The zero-order valence-electron chi connectivity index (χ0n) is 17.5. The molecule has 5 atom stereocenters. The maximum Gasteiger partial charge on any atom is 0.163 e. The van der Waals surface area contributed by atoms with E-state index in [1.54, 1.807) is 28.8 Å². The quantitative estimate of drug-likeness (QED) is 0.314. The molecule has 5 rings (SSSR count). The molecule has 8 heteroatoms. The molecule has 1 aromatic heterocycles. The molecule has 33 heavy (non-hydrogen) atoms. The predicted molar refractivity (Wildman–Crippen MR) is 124 cm³/mol. The van der Waals surface area contributed by atoms with Crippen LogP contribution in [0.3, 0.4) is 0 Å². The molecule has 3 aromatic carbocycles. The number of aliphatic hydroxyl groups excluding tert-OH is 4.